The number of rotatable bonds is 8. The zero-order chi connectivity index (χ0) is 17.1. The molecule has 1 aromatic rings. The summed E-state index contributed by atoms with van der Waals surface area (Å²) >= 11 is 0. The fourth-order valence-corrected chi connectivity index (χ4v) is 2.69. The molecule has 5 nitrogen and oxygen atoms in total. The molecule has 0 bridgehead atoms. The summed E-state index contributed by atoms with van der Waals surface area (Å²) in [6.07, 6.45) is 0. The first-order valence-corrected chi connectivity index (χ1v) is 9.20. The fourth-order valence-electron chi connectivity index (χ4n) is 1.79. The second-order valence-corrected chi connectivity index (χ2v) is 8.45. The molecule has 1 unspecified atom stereocenters. The standard InChI is InChI=1S/C17H29N3O2S.HI/c1-17(2,3)23(21)13-11-20-16(18-4)19-10-12-22-14-15-8-6-5-7-9-15;/h5-9H,10-14H2,1-4H3,(H2,18,19,20);1H. The first kappa shape index (κ1) is 23.3. The first-order chi connectivity index (χ1) is 10.9. The van der Waals surface area contributed by atoms with Gasteiger partial charge in [0.1, 0.15) is 0 Å². The van der Waals surface area contributed by atoms with E-state index in [2.05, 4.69) is 15.6 Å². The molecular weight excluding hydrogens is 437 g/mol. The van der Waals surface area contributed by atoms with Gasteiger partial charge < -0.3 is 15.4 Å². The maximum absolute atomic E-state index is 12.0. The van der Waals surface area contributed by atoms with Crippen molar-refractivity contribution >= 4 is 40.7 Å². The second kappa shape index (κ2) is 12.7. The Morgan fingerprint density at radius 1 is 1.17 bits per heavy atom. The van der Waals surface area contributed by atoms with Crippen LogP contribution in [0.1, 0.15) is 26.3 Å². The first-order valence-electron chi connectivity index (χ1n) is 7.88. The Labute approximate surface area is 165 Å². The molecular formula is C17H30IN3O2S. The minimum atomic E-state index is -0.856. The van der Waals surface area contributed by atoms with Crippen molar-refractivity contribution in [3.63, 3.8) is 0 Å². The van der Waals surface area contributed by atoms with Gasteiger partial charge in [-0.05, 0) is 26.3 Å². The zero-order valence-corrected chi connectivity index (χ0v) is 18.1. The van der Waals surface area contributed by atoms with E-state index in [0.29, 0.717) is 38.0 Å². The summed E-state index contributed by atoms with van der Waals surface area (Å²) in [5.41, 5.74) is 1.17. The van der Waals surface area contributed by atoms with Crippen molar-refractivity contribution in [2.45, 2.75) is 32.1 Å². The molecule has 0 radical (unpaired) electrons. The molecule has 24 heavy (non-hydrogen) atoms. The van der Waals surface area contributed by atoms with Gasteiger partial charge in [-0.1, -0.05) is 30.3 Å². The molecule has 1 rings (SSSR count). The SMILES string of the molecule is CN=C(NCCOCc1ccccc1)NCCS(=O)C(C)(C)C.I. The van der Waals surface area contributed by atoms with Crippen molar-refractivity contribution in [1.29, 1.82) is 0 Å². The number of halogens is 1. The molecule has 0 amide bonds. The predicted octanol–water partition coefficient (Wildman–Crippen LogP) is 2.53. The molecule has 0 fully saturated rings. The quantitative estimate of drug-likeness (QED) is 0.267. The summed E-state index contributed by atoms with van der Waals surface area (Å²) in [4.78, 5) is 4.14. The highest BCUT2D eigenvalue weighted by atomic mass is 127. The van der Waals surface area contributed by atoms with Crippen LogP contribution in [0.25, 0.3) is 0 Å². The van der Waals surface area contributed by atoms with Gasteiger partial charge in [-0.25, -0.2) is 0 Å². The number of nitrogens with zero attached hydrogens (tertiary/aromatic N) is 1. The Kier molecular flexibility index (Phi) is 12.3. The van der Waals surface area contributed by atoms with Gasteiger partial charge in [0.25, 0.3) is 0 Å². The van der Waals surface area contributed by atoms with Gasteiger partial charge in [-0.3, -0.25) is 9.20 Å². The largest absolute Gasteiger partial charge is 0.375 e. The van der Waals surface area contributed by atoms with Crippen LogP contribution in [0, 0.1) is 0 Å². The van der Waals surface area contributed by atoms with Crippen LogP contribution in [0.3, 0.4) is 0 Å². The summed E-state index contributed by atoms with van der Waals surface area (Å²) in [6.45, 7) is 8.48. The van der Waals surface area contributed by atoms with Gasteiger partial charge in [0, 0.05) is 41.4 Å². The lowest BCUT2D eigenvalue weighted by molar-refractivity contribution is 0.125. The van der Waals surface area contributed by atoms with E-state index in [9.17, 15) is 4.21 Å². The summed E-state index contributed by atoms with van der Waals surface area (Å²) in [5.74, 6) is 1.31. The molecule has 1 atom stereocenters. The Hall–Kier alpha value is -0.670. The average Bonchev–Trinajstić information content (AvgIpc) is 2.52. The maximum Gasteiger partial charge on any atom is 0.191 e. The zero-order valence-electron chi connectivity index (χ0n) is 15.0. The van der Waals surface area contributed by atoms with Gasteiger partial charge in [0.05, 0.1) is 13.2 Å². The summed E-state index contributed by atoms with van der Waals surface area (Å²) in [6, 6.07) is 10.1. The highest BCUT2D eigenvalue weighted by molar-refractivity contribution is 14.0. The van der Waals surface area contributed by atoms with E-state index >= 15 is 0 Å². The van der Waals surface area contributed by atoms with Crippen LogP contribution in [0.4, 0.5) is 0 Å². The lowest BCUT2D eigenvalue weighted by atomic mass is 10.2. The third kappa shape index (κ3) is 10.2. The molecule has 1 aromatic carbocycles. The van der Waals surface area contributed by atoms with Crippen molar-refractivity contribution in [2.24, 2.45) is 4.99 Å². The van der Waals surface area contributed by atoms with Crippen molar-refractivity contribution in [2.75, 3.05) is 32.5 Å². The number of ether oxygens (including phenoxy) is 1. The molecule has 7 heteroatoms. The van der Waals surface area contributed by atoms with Crippen LogP contribution in [0.5, 0.6) is 0 Å². The van der Waals surface area contributed by atoms with E-state index in [1.807, 2.05) is 51.1 Å². The van der Waals surface area contributed by atoms with Gasteiger partial charge >= 0.3 is 0 Å². The van der Waals surface area contributed by atoms with Crippen LogP contribution >= 0.6 is 24.0 Å². The van der Waals surface area contributed by atoms with Crippen molar-refractivity contribution in [1.82, 2.24) is 10.6 Å². The highest BCUT2D eigenvalue weighted by Crippen LogP contribution is 2.10. The molecule has 0 aliphatic carbocycles. The molecule has 0 saturated heterocycles. The normalized spacial score (nSPS) is 13.1. The van der Waals surface area contributed by atoms with Gasteiger partial charge in [-0.2, -0.15) is 0 Å². The Balaban J connectivity index is 0.00000529. The molecule has 2 N–H and O–H groups in total. The number of aliphatic imine (C=N–C) groups is 1. The number of nitrogens with one attached hydrogen (secondary N) is 2. The molecule has 0 heterocycles. The fraction of sp³-hybridized carbons (Fsp3) is 0.588. The van der Waals surface area contributed by atoms with Gasteiger partial charge in [0.2, 0.25) is 0 Å². The highest BCUT2D eigenvalue weighted by Gasteiger charge is 2.18. The monoisotopic (exact) mass is 467 g/mol. The molecule has 0 aromatic heterocycles. The lowest BCUT2D eigenvalue weighted by Gasteiger charge is -2.18. The predicted molar refractivity (Wildman–Crippen MR) is 114 cm³/mol. The van der Waals surface area contributed by atoms with E-state index in [0.717, 1.165) is 0 Å². The van der Waals surface area contributed by atoms with Crippen LogP contribution in [0.15, 0.2) is 35.3 Å². The second-order valence-electron chi connectivity index (χ2n) is 6.13. The average molecular weight is 467 g/mol. The van der Waals surface area contributed by atoms with Crippen LogP contribution in [-0.2, 0) is 22.1 Å². The molecule has 0 aliphatic heterocycles. The molecule has 0 aliphatic rings. The lowest BCUT2D eigenvalue weighted by Crippen LogP contribution is -2.41. The number of hydrogen-bond donors (Lipinski definition) is 2. The summed E-state index contributed by atoms with van der Waals surface area (Å²) < 4.78 is 17.4. The van der Waals surface area contributed by atoms with Crippen LogP contribution < -0.4 is 10.6 Å². The summed E-state index contributed by atoms with van der Waals surface area (Å²) in [7, 11) is 0.867. The van der Waals surface area contributed by atoms with Gasteiger partial charge in [0.15, 0.2) is 5.96 Å². The molecule has 0 saturated carbocycles. The van der Waals surface area contributed by atoms with E-state index in [-0.39, 0.29) is 28.7 Å². The van der Waals surface area contributed by atoms with Crippen molar-refractivity contribution < 1.29 is 8.95 Å². The number of guanidine groups is 1. The maximum atomic E-state index is 12.0. The topological polar surface area (TPSA) is 62.7 Å². The number of benzene rings is 1. The van der Waals surface area contributed by atoms with E-state index in [1.54, 1.807) is 7.05 Å². The molecule has 138 valence electrons. The van der Waals surface area contributed by atoms with Crippen molar-refractivity contribution in [3.8, 4) is 0 Å². The van der Waals surface area contributed by atoms with E-state index in [1.165, 1.54) is 5.56 Å². The van der Waals surface area contributed by atoms with Gasteiger partial charge in [-0.15, -0.1) is 24.0 Å². The Morgan fingerprint density at radius 3 is 2.38 bits per heavy atom. The van der Waals surface area contributed by atoms with Crippen molar-refractivity contribution in [3.05, 3.63) is 35.9 Å². The van der Waals surface area contributed by atoms with Crippen LogP contribution in [-0.4, -0.2) is 47.4 Å². The smallest absolute Gasteiger partial charge is 0.191 e. The van der Waals surface area contributed by atoms with E-state index in [4.69, 9.17) is 4.74 Å². The molecule has 0 spiro atoms. The summed E-state index contributed by atoms with van der Waals surface area (Å²) in [5, 5.41) is 6.35. The van der Waals surface area contributed by atoms with Crippen LogP contribution in [0.2, 0.25) is 0 Å². The minimum Gasteiger partial charge on any atom is -0.375 e. The minimum absolute atomic E-state index is 0. The third-order valence-corrected chi connectivity index (χ3v) is 5.08. The van der Waals surface area contributed by atoms with E-state index < -0.39 is 10.8 Å². The Bertz CT molecular complexity index is 504. The third-order valence-electron chi connectivity index (χ3n) is 3.14. The Morgan fingerprint density at radius 2 is 1.79 bits per heavy atom. The number of hydrogen-bond acceptors (Lipinski definition) is 3.